The van der Waals surface area contributed by atoms with Gasteiger partial charge in [-0.1, -0.05) is 25.6 Å². The molecule has 0 atom stereocenters. The molecule has 1 aromatic rings. The second-order valence-corrected chi connectivity index (χ2v) is 3.62. The maximum atomic E-state index is 11.5. The third-order valence-electron chi connectivity index (χ3n) is 1.50. The van der Waals surface area contributed by atoms with Gasteiger partial charge < -0.3 is 0 Å². The predicted molar refractivity (Wildman–Crippen MR) is 50.8 cm³/mol. The van der Waals surface area contributed by atoms with Crippen molar-refractivity contribution in [3.63, 3.8) is 0 Å². The van der Waals surface area contributed by atoms with Crippen LogP contribution < -0.4 is 0 Å². The summed E-state index contributed by atoms with van der Waals surface area (Å²) in [5, 5.41) is 7.99. The van der Waals surface area contributed by atoms with Crippen molar-refractivity contribution in [2.24, 2.45) is 5.92 Å². The molecule has 0 spiro atoms. The number of carbonyl (C=O) groups excluding carboxylic acids is 1. The molecule has 0 unspecified atom stereocenters. The molecule has 0 radical (unpaired) electrons. The van der Waals surface area contributed by atoms with E-state index in [2.05, 4.69) is 15.2 Å². The highest BCUT2D eigenvalue weighted by molar-refractivity contribution is 7.98. The van der Waals surface area contributed by atoms with Crippen LogP contribution in [-0.4, -0.2) is 27.2 Å². The molecule has 0 aliphatic heterocycles. The fourth-order valence-corrected chi connectivity index (χ4v) is 1.11. The van der Waals surface area contributed by atoms with Gasteiger partial charge in [-0.3, -0.25) is 4.79 Å². The van der Waals surface area contributed by atoms with Gasteiger partial charge in [-0.2, -0.15) is 5.10 Å². The van der Waals surface area contributed by atoms with Gasteiger partial charge in [0.2, 0.25) is 5.16 Å². The number of rotatable bonds is 3. The van der Waals surface area contributed by atoms with Crippen LogP contribution >= 0.6 is 11.8 Å². The van der Waals surface area contributed by atoms with E-state index < -0.39 is 0 Å². The van der Waals surface area contributed by atoms with E-state index in [1.165, 1.54) is 18.0 Å². The van der Waals surface area contributed by atoms with Gasteiger partial charge in [0.05, 0.1) is 6.20 Å². The summed E-state index contributed by atoms with van der Waals surface area (Å²) in [6, 6.07) is 0. The fourth-order valence-electron chi connectivity index (χ4n) is 0.788. The molecule has 0 saturated carbocycles. The summed E-state index contributed by atoms with van der Waals surface area (Å²) in [4.78, 5) is 15.5. The van der Waals surface area contributed by atoms with E-state index in [9.17, 15) is 4.79 Å². The SMILES string of the molecule is CSc1nncc(C(=O)C(C)C)n1. The van der Waals surface area contributed by atoms with Gasteiger partial charge in [0.25, 0.3) is 0 Å². The van der Waals surface area contributed by atoms with E-state index >= 15 is 0 Å². The van der Waals surface area contributed by atoms with E-state index in [1.807, 2.05) is 20.1 Å². The third kappa shape index (κ3) is 2.48. The van der Waals surface area contributed by atoms with E-state index in [0.29, 0.717) is 10.9 Å². The molecule has 0 saturated heterocycles. The highest BCUT2D eigenvalue weighted by atomic mass is 32.2. The van der Waals surface area contributed by atoms with Crippen LogP contribution in [0.15, 0.2) is 11.4 Å². The van der Waals surface area contributed by atoms with Crippen LogP contribution in [0.1, 0.15) is 24.3 Å². The van der Waals surface area contributed by atoms with Crippen LogP contribution in [0.3, 0.4) is 0 Å². The van der Waals surface area contributed by atoms with Gasteiger partial charge in [-0.15, -0.1) is 5.10 Å². The van der Waals surface area contributed by atoms with E-state index in [1.54, 1.807) is 0 Å². The molecule has 0 amide bonds. The number of aromatic nitrogens is 3. The Hall–Kier alpha value is -0.970. The number of nitrogens with zero attached hydrogens (tertiary/aromatic N) is 3. The van der Waals surface area contributed by atoms with Crippen molar-refractivity contribution in [2.75, 3.05) is 6.26 Å². The number of hydrogen-bond acceptors (Lipinski definition) is 5. The molecule has 1 rings (SSSR count). The summed E-state index contributed by atoms with van der Waals surface area (Å²) >= 11 is 1.38. The van der Waals surface area contributed by atoms with Gasteiger partial charge >= 0.3 is 0 Å². The molecule has 0 aromatic carbocycles. The molecule has 0 fully saturated rings. The quantitative estimate of drug-likeness (QED) is 0.542. The third-order valence-corrected chi connectivity index (χ3v) is 2.04. The minimum absolute atomic E-state index is 0.00481. The predicted octanol–water partition coefficient (Wildman–Crippen LogP) is 1.43. The van der Waals surface area contributed by atoms with Crippen LogP contribution in [0, 0.1) is 5.92 Å². The minimum Gasteiger partial charge on any atom is -0.292 e. The van der Waals surface area contributed by atoms with Crippen molar-refractivity contribution in [3.8, 4) is 0 Å². The maximum Gasteiger partial charge on any atom is 0.209 e. The Morgan fingerprint density at radius 2 is 2.23 bits per heavy atom. The normalized spacial score (nSPS) is 10.5. The molecular formula is C8H11N3OS. The maximum absolute atomic E-state index is 11.5. The first-order chi connectivity index (χ1) is 6.15. The highest BCUT2D eigenvalue weighted by Crippen LogP contribution is 2.09. The summed E-state index contributed by atoms with van der Waals surface area (Å²) in [5.41, 5.74) is 0.398. The van der Waals surface area contributed by atoms with E-state index in [4.69, 9.17) is 0 Å². The second-order valence-electron chi connectivity index (χ2n) is 2.85. The standard InChI is InChI=1S/C8H11N3OS/c1-5(2)7(12)6-4-9-11-8(10-6)13-3/h4-5H,1-3H3. The molecule has 1 heterocycles. The molecule has 4 nitrogen and oxygen atoms in total. The molecule has 0 bridgehead atoms. The lowest BCUT2D eigenvalue weighted by molar-refractivity contribution is 0.0932. The Labute approximate surface area is 81.2 Å². The first kappa shape index (κ1) is 10.1. The lowest BCUT2D eigenvalue weighted by Crippen LogP contribution is -2.11. The lowest BCUT2D eigenvalue weighted by atomic mass is 10.1. The zero-order chi connectivity index (χ0) is 9.84. The zero-order valence-corrected chi connectivity index (χ0v) is 8.63. The summed E-state index contributed by atoms with van der Waals surface area (Å²) in [6.45, 7) is 3.67. The fraction of sp³-hybridized carbons (Fsp3) is 0.500. The number of ketones is 1. The number of carbonyl (C=O) groups is 1. The first-order valence-electron chi connectivity index (χ1n) is 3.93. The van der Waals surface area contributed by atoms with Crippen LogP contribution in [0.4, 0.5) is 0 Å². The number of hydrogen-bond donors (Lipinski definition) is 0. The van der Waals surface area contributed by atoms with Crippen LogP contribution in [0.2, 0.25) is 0 Å². The smallest absolute Gasteiger partial charge is 0.209 e. The Morgan fingerprint density at radius 3 is 2.77 bits per heavy atom. The number of thioether (sulfide) groups is 1. The molecule has 0 aliphatic carbocycles. The summed E-state index contributed by atoms with van der Waals surface area (Å²) < 4.78 is 0. The van der Waals surface area contributed by atoms with E-state index in [0.717, 1.165) is 0 Å². The number of Topliss-reactive ketones (excluding diaryl/α,β-unsaturated/α-hetero) is 1. The Balaban J connectivity index is 2.95. The largest absolute Gasteiger partial charge is 0.292 e. The monoisotopic (exact) mass is 197 g/mol. The molecule has 5 heteroatoms. The summed E-state index contributed by atoms with van der Waals surface area (Å²) in [7, 11) is 0. The van der Waals surface area contributed by atoms with Gasteiger partial charge in [0.1, 0.15) is 5.69 Å². The van der Waals surface area contributed by atoms with Crippen LogP contribution in [-0.2, 0) is 0 Å². The topological polar surface area (TPSA) is 55.7 Å². The van der Waals surface area contributed by atoms with Crippen molar-refractivity contribution in [1.29, 1.82) is 0 Å². The molecular weight excluding hydrogens is 186 g/mol. The molecule has 13 heavy (non-hydrogen) atoms. The Morgan fingerprint density at radius 1 is 1.54 bits per heavy atom. The molecule has 0 aliphatic rings. The van der Waals surface area contributed by atoms with Gasteiger partial charge in [-0.25, -0.2) is 4.98 Å². The molecule has 70 valence electrons. The van der Waals surface area contributed by atoms with Crippen molar-refractivity contribution >= 4 is 17.5 Å². The average Bonchev–Trinajstić information content (AvgIpc) is 2.16. The molecule has 0 N–H and O–H groups in total. The first-order valence-corrected chi connectivity index (χ1v) is 5.15. The van der Waals surface area contributed by atoms with Crippen LogP contribution in [0.5, 0.6) is 0 Å². The summed E-state index contributed by atoms with van der Waals surface area (Å²) in [5.74, 6) is -0.0448. The van der Waals surface area contributed by atoms with E-state index in [-0.39, 0.29) is 11.7 Å². The van der Waals surface area contributed by atoms with Crippen molar-refractivity contribution in [3.05, 3.63) is 11.9 Å². The van der Waals surface area contributed by atoms with Gasteiger partial charge in [0, 0.05) is 5.92 Å². The Kier molecular flexibility index (Phi) is 3.36. The van der Waals surface area contributed by atoms with Gasteiger partial charge in [-0.05, 0) is 6.26 Å². The Bertz CT molecular complexity index is 314. The average molecular weight is 197 g/mol. The highest BCUT2D eigenvalue weighted by Gasteiger charge is 2.12. The van der Waals surface area contributed by atoms with Crippen LogP contribution in [0.25, 0.3) is 0 Å². The summed E-state index contributed by atoms with van der Waals surface area (Å²) in [6.07, 6.45) is 3.25. The second kappa shape index (κ2) is 4.32. The minimum atomic E-state index is -0.0496. The molecule has 1 aromatic heterocycles. The van der Waals surface area contributed by atoms with Gasteiger partial charge in [0.15, 0.2) is 5.78 Å². The lowest BCUT2D eigenvalue weighted by Gasteiger charge is -2.02. The zero-order valence-electron chi connectivity index (χ0n) is 7.81. The van der Waals surface area contributed by atoms with Crippen molar-refractivity contribution in [2.45, 2.75) is 19.0 Å². The van der Waals surface area contributed by atoms with Crippen molar-refractivity contribution < 1.29 is 4.79 Å². The van der Waals surface area contributed by atoms with Crippen molar-refractivity contribution in [1.82, 2.24) is 15.2 Å².